The average molecular weight is 446 g/mol. The molecule has 0 aliphatic heterocycles. The first-order valence-electron chi connectivity index (χ1n) is 13.5. The van der Waals surface area contributed by atoms with Gasteiger partial charge in [0.2, 0.25) is 0 Å². The van der Waals surface area contributed by atoms with Gasteiger partial charge in [-0.05, 0) is 62.0 Å². The van der Waals surface area contributed by atoms with Crippen molar-refractivity contribution in [3.8, 4) is 17.5 Å². The fraction of sp³-hybridized carbons (Fsp3) is 0.633. The molecule has 2 aromatic rings. The Labute approximate surface area is 202 Å². The van der Waals surface area contributed by atoms with Crippen molar-refractivity contribution >= 4 is 0 Å². The number of rotatable bonds is 13. The number of benzene rings is 1. The van der Waals surface area contributed by atoms with Crippen molar-refractivity contribution < 1.29 is 0 Å². The van der Waals surface area contributed by atoms with Crippen molar-refractivity contribution in [2.45, 2.75) is 116 Å². The second-order valence-electron chi connectivity index (χ2n) is 10.2. The smallest absolute Gasteiger partial charge is 0.159 e. The van der Waals surface area contributed by atoms with Gasteiger partial charge in [0.1, 0.15) is 0 Å². The predicted octanol–water partition coefficient (Wildman–Crippen LogP) is 8.79. The molecule has 1 aromatic heterocycles. The number of aromatic nitrogens is 2. The molecule has 0 radical (unpaired) electrons. The number of nitriles is 1. The van der Waals surface area contributed by atoms with Gasteiger partial charge in [0.25, 0.3) is 0 Å². The van der Waals surface area contributed by atoms with Gasteiger partial charge in [0, 0.05) is 18.0 Å². The summed E-state index contributed by atoms with van der Waals surface area (Å²) in [6.45, 7) is 4.50. The van der Waals surface area contributed by atoms with Gasteiger partial charge < -0.3 is 0 Å². The zero-order valence-electron chi connectivity index (χ0n) is 21.0. The summed E-state index contributed by atoms with van der Waals surface area (Å²) >= 11 is 0. The number of unbranched alkanes of at least 4 members (excludes halogenated alkanes) is 7. The van der Waals surface area contributed by atoms with Crippen LogP contribution in [0.15, 0.2) is 36.7 Å². The van der Waals surface area contributed by atoms with Crippen molar-refractivity contribution in [1.82, 2.24) is 9.97 Å². The van der Waals surface area contributed by atoms with Crippen LogP contribution in [0.4, 0.5) is 0 Å². The van der Waals surface area contributed by atoms with Crippen LogP contribution >= 0.6 is 0 Å². The Morgan fingerprint density at radius 1 is 0.848 bits per heavy atom. The normalized spacial score (nSPS) is 20.5. The first-order valence-corrected chi connectivity index (χ1v) is 13.5. The van der Waals surface area contributed by atoms with E-state index < -0.39 is 0 Å². The van der Waals surface area contributed by atoms with Crippen molar-refractivity contribution in [2.24, 2.45) is 5.41 Å². The molecule has 3 heteroatoms. The third-order valence-electron chi connectivity index (χ3n) is 7.60. The molecule has 1 heterocycles. The van der Waals surface area contributed by atoms with E-state index in [1.807, 2.05) is 12.4 Å². The second kappa shape index (κ2) is 13.5. The molecular formula is C30H43N3. The maximum absolute atomic E-state index is 9.85. The number of nitrogens with zero attached hydrogens (tertiary/aromatic N) is 3. The van der Waals surface area contributed by atoms with E-state index in [4.69, 9.17) is 0 Å². The lowest BCUT2D eigenvalue weighted by atomic mass is 9.67. The Bertz CT molecular complexity index is 840. The maximum Gasteiger partial charge on any atom is 0.159 e. The van der Waals surface area contributed by atoms with Gasteiger partial charge in [-0.15, -0.1) is 0 Å². The van der Waals surface area contributed by atoms with Crippen LogP contribution in [0.5, 0.6) is 0 Å². The van der Waals surface area contributed by atoms with Crippen LogP contribution in [0.25, 0.3) is 11.4 Å². The summed E-state index contributed by atoms with van der Waals surface area (Å²) < 4.78 is 0. The zero-order chi connectivity index (χ0) is 23.4. The van der Waals surface area contributed by atoms with Gasteiger partial charge in [0.05, 0.1) is 11.5 Å². The summed E-state index contributed by atoms with van der Waals surface area (Å²) in [6, 6.07) is 11.6. The number of aryl methyl sites for hydroxylation is 1. The van der Waals surface area contributed by atoms with Crippen LogP contribution in [0.2, 0.25) is 0 Å². The van der Waals surface area contributed by atoms with Gasteiger partial charge in [-0.25, -0.2) is 9.97 Å². The summed E-state index contributed by atoms with van der Waals surface area (Å²) in [7, 11) is 0. The molecule has 1 fully saturated rings. The van der Waals surface area contributed by atoms with Crippen molar-refractivity contribution in [2.75, 3.05) is 0 Å². The largest absolute Gasteiger partial charge is 0.236 e. The van der Waals surface area contributed by atoms with E-state index in [1.165, 1.54) is 68.9 Å². The molecule has 0 N–H and O–H groups in total. The molecule has 3 rings (SSSR count). The van der Waals surface area contributed by atoms with E-state index in [0.717, 1.165) is 49.9 Å². The minimum Gasteiger partial charge on any atom is -0.236 e. The highest BCUT2D eigenvalue weighted by molar-refractivity contribution is 5.55. The van der Waals surface area contributed by atoms with Crippen LogP contribution < -0.4 is 0 Å². The van der Waals surface area contributed by atoms with Gasteiger partial charge in [-0.2, -0.15) is 5.26 Å². The van der Waals surface area contributed by atoms with Crippen LogP contribution in [-0.2, 0) is 6.42 Å². The molecule has 1 aliphatic carbocycles. The third-order valence-corrected chi connectivity index (χ3v) is 7.60. The zero-order valence-corrected chi connectivity index (χ0v) is 21.0. The quantitative estimate of drug-likeness (QED) is 0.289. The van der Waals surface area contributed by atoms with Crippen LogP contribution in [0, 0.1) is 16.7 Å². The van der Waals surface area contributed by atoms with Crippen LogP contribution in [-0.4, -0.2) is 9.97 Å². The molecule has 0 unspecified atom stereocenters. The summed E-state index contributed by atoms with van der Waals surface area (Å²) in [6.07, 6.45) is 22.0. The van der Waals surface area contributed by atoms with E-state index in [2.05, 4.69) is 54.2 Å². The monoisotopic (exact) mass is 445 g/mol. The molecule has 33 heavy (non-hydrogen) atoms. The number of hydrogen-bond acceptors (Lipinski definition) is 3. The lowest BCUT2D eigenvalue weighted by Gasteiger charge is -2.35. The fourth-order valence-corrected chi connectivity index (χ4v) is 5.28. The summed E-state index contributed by atoms with van der Waals surface area (Å²) in [5.74, 6) is 1.39. The van der Waals surface area contributed by atoms with E-state index in [1.54, 1.807) is 0 Å². The molecule has 0 spiro atoms. The highest BCUT2D eigenvalue weighted by atomic mass is 14.9. The van der Waals surface area contributed by atoms with Gasteiger partial charge >= 0.3 is 0 Å². The Morgan fingerprint density at radius 3 is 2.06 bits per heavy atom. The molecule has 0 saturated heterocycles. The second-order valence-corrected chi connectivity index (χ2v) is 10.2. The molecule has 1 aliphatic rings. The molecule has 178 valence electrons. The van der Waals surface area contributed by atoms with E-state index in [-0.39, 0.29) is 5.41 Å². The van der Waals surface area contributed by atoms with E-state index >= 15 is 0 Å². The fourth-order valence-electron chi connectivity index (χ4n) is 5.28. The van der Waals surface area contributed by atoms with Crippen molar-refractivity contribution in [1.29, 1.82) is 5.26 Å². The maximum atomic E-state index is 9.85. The Balaban J connectivity index is 1.50. The molecule has 1 aromatic carbocycles. The standard InChI is InChI=1S/C30H43N3/c1-3-5-7-9-10-12-25-22-32-29(33-23-25)28-15-13-26(14-16-28)27-17-20-30(24-31,21-18-27)19-11-8-6-4-2/h13-16,22-23,27H,3-12,17-21H2,1-2H3/t27-,30-. The minimum absolute atomic E-state index is 0.0736. The summed E-state index contributed by atoms with van der Waals surface area (Å²) in [5, 5.41) is 9.85. The van der Waals surface area contributed by atoms with Crippen LogP contribution in [0.1, 0.15) is 121 Å². The molecular weight excluding hydrogens is 402 g/mol. The predicted molar refractivity (Wildman–Crippen MR) is 138 cm³/mol. The van der Waals surface area contributed by atoms with E-state index in [9.17, 15) is 5.26 Å². The Morgan fingerprint density at radius 2 is 1.45 bits per heavy atom. The van der Waals surface area contributed by atoms with Crippen LogP contribution in [0.3, 0.4) is 0 Å². The number of hydrogen-bond donors (Lipinski definition) is 0. The molecule has 0 atom stereocenters. The molecule has 3 nitrogen and oxygen atoms in total. The highest BCUT2D eigenvalue weighted by Crippen LogP contribution is 2.45. The summed E-state index contributed by atoms with van der Waals surface area (Å²) in [4.78, 5) is 9.26. The molecule has 0 bridgehead atoms. The Hall–Kier alpha value is -2.21. The lowest BCUT2D eigenvalue weighted by Crippen LogP contribution is -2.25. The molecule has 0 amide bonds. The average Bonchev–Trinajstić information content (AvgIpc) is 2.87. The van der Waals surface area contributed by atoms with Crippen molar-refractivity contribution in [3.63, 3.8) is 0 Å². The molecule has 1 saturated carbocycles. The van der Waals surface area contributed by atoms with Gasteiger partial charge in [0.15, 0.2) is 5.82 Å². The first-order chi connectivity index (χ1) is 16.2. The minimum atomic E-state index is -0.0736. The topological polar surface area (TPSA) is 49.6 Å². The third kappa shape index (κ3) is 7.66. The summed E-state index contributed by atoms with van der Waals surface area (Å²) in [5.41, 5.74) is 3.66. The van der Waals surface area contributed by atoms with Crippen molar-refractivity contribution in [3.05, 3.63) is 47.8 Å². The van der Waals surface area contributed by atoms with Gasteiger partial charge in [-0.1, -0.05) is 89.5 Å². The highest BCUT2D eigenvalue weighted by Gasteiger charge is 2.35. The SMILES string of the molecule is CCCCCCCc1cnc(-c2ccc([C@H]3CC[C@@](C#N)(CCCCCC)CC3)cc2)nc1. The first kappa shape index (κ1) is 25.4. The van der Waals surface area contributed by atoms with E-state index in [0.29, 0.717) is 5.92 Å². The lowest BCUT2D eigenvalue weighted by molar-refractivity contribution is 0.223. The van der Waals surface area contributed by atoms with Gasteiger partial charge in [-0.3, -0.25) is 0 Å². The Kier molecular flexibility index (Phi) is 10.4.